The molecule has 0 spiro atoms. The van der Waals surface area contributed by atoms with Gasteiger partial charge in [-0.25, -0.2) is 9.97 Å². The highest BCUT2D eigenvalue weighted by molar-refractivity contribution is 6.05. The second kappa shape index (κ2) is 6.53. The largest absolute Gasteiger partial charge is 0.437 e. The molecule has 0 radical (unpaired) electrons. The second-order valence-electron chi connectivity index (χ2n) is 6.07. The molecular formula is C20H15N5O2. The third-order valence-corrected chi connectivity index (χ3v) is 4.28. The van der Waals surface area contributed by atoms with Gasteiger partial charge in [-0.15, -0.1) is 10.2 Å². The number of azo groups is 1. The number of amides is 1. The zero-order valence-electron chi connectivity index (χ0n) is 14.8. The molecule has 0 atom stereocenters. The molecule has 3 aromatic rings. The molecule has 3 heterocycles. The summed E-state index contributed by atoms with van der Waals surface area (Å²) in [5.41, 5.74) is 4.77. The zero-order valence-corrected chi connectivity index (χ0v) is 14.8. The number of hydrogen-bond acceptors (Lipinski definition) is 6. The average molecular weight is 357 g/mol. The first kappa shape index (κ1) is 16.7. The minimum absolute atomic E-state index is 0.351. The lowest BCUT2D eigenvalue weighted by atomic mass is 9.93. The van der Waals surface area contributed by atoms with Gasteiger partial charge in [0.05, 0.1) is 11.2 Å². The van der Waals surface area contributed by atoms with Crippen molar-refractivity contribution in [1.82, 2.24) is 15.0 Å². The van der Waals surface area contributed by atoms with Crippen molar-refractivity contribution in [3.05, 3.63) is 71.8 Å². The molecule has 0 bridgehead atoms. The summed E-state index contributed by atoms with van der Waals surface area (Å²) in [5, 5.41) is 7.43. The minimum Gasteiger partial charge on any atom is -0.437 e. The van der Waals surface area contributed by atoms with Gasteiger partial charge >= 0.3 is 0 Å². The van der Waals surface area contributed by atoms with Gasteiger partial charge in [-0.3, -0.25) is 9.78 Å². The zero-order chi connectivity index (χ0) is 19.0. The smallest absolute Gasteiger partial charge is 0.291 e. The fraction of sp³-hybridized carbons (Fsp3) is 0.100. The highest BCUT2D eigenvalue weighted by Gasteiger charge is 2.21. The first-order valence-corrected chi connectivity index (χ1v) is 8.25. The molecule has 0 aliphatic carbocycles. The number of aryl methyl sites for hydroxylation is 1. The van der Waals surface area contributed by atoms with Gasteiger partial charge in [0.25, 0.3) is 5.91 Å². The molecule has 0 unspecified atom stereocenters. The molecule has 0 N–H and O–H groups in total. The predicted octanol–water partition coefficient (Wildman–Crippen LogP) is 4.41. The number of rotatable bonds is 3. The summed E-state index contributed by atoms with van der Waals surface area (Å²) in [6, 6.07) is 7.33. The van der Waals surface area contributed by atoms with Gasteiger partial charge in [0.1, 0.15) is 5.75 Å². The Morgan fingerprint density at radius 2 is 1.78 bits per heavy atom. The summed E-state index contributed by atoms with van der Waals surface area (Å²) in [5.74, 6) is 0.638. The van der Waals surface area contributed by atoms with Crippen molar-refractivity contribution in [2.24, 2.45) is 10.2 Å². The molecule has 4 rings (SSSR count). The molecular weight excluding hydrogens is 342 g/mol. The Morgan fingerprint density at radius 1 is 0.963 bits per heavy atom. The van der Waals surface area contributed by atoms with Crippen LogP contribution in [0.5, 0.6) is 11.6 Å². The second-order valence-corrected chi connectivity index (χ2v) is 6.07. The van der Waals surface area contributed by atoms with E-state index in [1.165, 1.54) is 0 Å². The third kappa shape index (κ3) is 2.99. The normalized spacial score (nSPS) is 14.1. The Hall–Kier alpha value is -3.74. The van der Waals surface area contributed by atoms with Crippen LogP contribution in [0.15, 0.2) is 70.9 Å². The van der Waals surface area contributed by atoms with E-state index in [1.807, 2.05) is 25.1 Å². The Kier molecular flexibility index (Phi) is 4.04. The van der Waals surface area contributed by atoms with Crippen molar-refractivity contribution in [2.75, 3.05) is 0 Å². The van der Waals surface area contributed by atoms with Gasteiger partial charge in [0, 0.05) is 29.7 Å². The lowest BCUT2D eigenvalue weighted by molar-refractivity contribution is -0.114. The number of allylic oxidation sites excluding steroid dienone is 1. The molecule has 1 aliphatic heterocycles. The molecule has 1 aliphatic rings. The van der Waals surface area contributed by atoms with Crippen LogP contribution in [0.2, 0.25) is 0 Å². The number of ether oxygens (including phenoxy) is 1. The van der Waals surface area contributed by atoms with Crippen LogP contribution in [0.25, 0.3) is 16.6 Å². The first-order valence-electron chi connectivity index (χ1n) is 8.25. The summed E-state index contributed by atoms with van der Waals surface area (Å²) in [7, 11) is 0. The van der Waals surface area contributed by atoms with E-state index < -0.39 is 0 Å². The number of fused-ring (bicyclic) bond motifs is 1. The van der Waals surface area contributed by atoms with Gasteiger partial charge in [0.15, 0.2) is 5.52 Å². The monoisotopic (exact) mass is 357 g/mol. The topological polar surface area (TPSA) is 89.7 Å². The van der Waals surface area contributed by atoms with Crippen LogP contribution in [0, 0.1) is 6.92 Å². The molecule has 7 heteroatoms. The van der Waals surface area contributed by atoms with Crippen molar-refractivity contribution < 1.29 is 9.53 Å². The van der Waals surface area contributed by atoms with Crippen LogP contribution in [0.4, 0.5) is 0 Å². The van der Waals surface area contributed by atoms with Crippen molar-refractivity contribution in [3.63, 3.8) is 0 Å². The molecule has 1 amide bonds. The standard InChI is InChI=1S/C20H15N5O2/c1-11-10-14(27-20-18-16(6-7-23-20)21-8-9-22-18)4-5-15(11)17-12(2)19(26)25-24-13(17)3/h4-10H,3H2,1-2H3. The van der Waals surface area contributed by atoms with Gasteiger partial charge in [-0.1, -0.05) is 12.6 Å². The fourth-order valence-electron chi connectivity index (χ4n) is 2.95. The van der Waals surface area contributed by atoms with Crippen LogP contribution in [0.3, 0.4) is 0 Å². The van der Waals surface area contributed by atoms with E-state index in [1.54, 1.807) is 31.6 Å². The summed E-state index contributed by atoms with van der Waals surface area (Å²) < 4.78 is 5.93. The number of aromatic nitrogens is 3. The van der Waals surface area contributed by atoms with E-state index in [0.717, 1.165) is 11.1 Å². The van der Waals surface area contributed by atoms with E-state index in [0.29, 0.717) is 39.5 Å². The molecule has 27 heavy (non-hydrogen) atoms. The van der Waals surface area contributed by atoms with E-state index in [9.17, 15) is 4.79 Å². The molecule has 1 aromatic carbocycles. The summed E-state index contributed by atoms with van der Waals surface area (Å²) in [6.45, 7) is 7.55. The Balaban J connectivity index is 1.71. The van der Waals surface area contributed by atoms with Crippen molar-refractivity contribution in [1.29, 1.82) is 0 Å². The highest BCUT2D eigenvalue weighted by Crippen LogP contribution is 2.35. The van der Waals surface area contributed by atoms with Crippen LogP contribution >= 0.6 is 0 Å². The molecule has 132 valence electrons. The Bertz CT molecular complexity index is 1160. The summed E-state index contributed by atoms with van der Waals surface area (Å²) in [4.78, 5) is 24.7. The van der Waals surface area contributed by atoms with Crippen molar-refractivity contribution in [2.45, 2.75) is 13.8 Å². The molecule has 2 aromatic heterocycles. The molecule has 0 saturated heterocycles. The quantitative estimate of drug-likeness (QED) is 0.693. The average Bonchev–Trinajstić information content (AvgIpc) is 2.67. The number of hydrogen-bond donors (Lipinski definition) is 0. The van der Waals surface area contributed by atoms with Gasteiger partial charge in [-0.05, 0) is 43.2 Å². The maximum atomic E-state index is 11.9. The van der Waals surface area contributed by atoms with E-state index in [-0.39, 0.29) is 5.91 Å². The van der Waals surface area contributed by atoms with Gasteiger partial charge in [-0.2, -0.15) is 0 Å². The van der Waals surface area contributed by atoms with E-state index in [2.05, 4.69) is 31.8 Å². The molecule has 0 fully saturated rings. The summed E-state index contributed by atoms with van der Waals surface area (Å²) >= 11 is 0. The van der Waals surface area contributed by atoms with Crippen molar-refractivity contribution in [3.8, 4) is 11.6 Å². The van der Waals surface area contributed by atoms with Crippen molar-refractivity contribution >= 4 is 22.5 Å². The lowest BCUT2D eigenvalue weighted by Crippen LogP contribution is -2.06. The van der Waals surface area contributed by atoms with Crippen LogP contribution in [0.1, 0.15) is 18.1 Å². The maximum absolute atomic E-state index is 11.9. The van der Waals surface area contributed by atoms with Gasteiger partial charge < -0.3 is 4.74 Å². The fourth-order valence-corrected chi connectivity index (χ4v) is 2.95. The van der Waals surface area contributed by atoms with Crippen LogP contribution < -0.4 is 4.74 Å². The number of carbonyl (C=O) groups is 1. The maximum Gasteiger partial charge on any atom is 0.291 e. The first-order chi connectivity index (χ1) is 13.0. The van der Waals surface area contributed by atoms with Crippen LogP contribution in [-0.2, 0) is 4.79 Å². The molecule has 0 saturated carbocycles. The highest BCUT2D eigenvalue weighted by atomic mass is 16.5. The number of nitrogens with zero attached hydrogens (tertiary/aromatic N) is 5. The van der Waals surface area contributed by atoms with Gasteiger partial charge in [0.2, 0.25) is 5.88 Å². The molecule has 7 nitrogen and oxygen atoms in total. The predicted molar refractivity (Wildman–Crippen MR) is 100 cm³/mol. The Labute approximate surface area is 155 Å². The number of carbonyl (C=O) groups excluding carboxylic acids is 1. The minimum atomic E-state index is -0.351. The van der Waals surface area contributed by atoms with E-state index >= 15 is 0 Å². The summed E-state index contributed by atoms with van der Waals surface area (Å²) in [6.07, 6.45) is 4.85. The van der Waals surface area contributed by atoms with Crippen LogP contribution in [-0.4, -0.2) is 20.9 Å². The number of benzene rings is 1. The lowest BCUT2D eigenvalue weighted by Gasteiger charge is -2.16. The Morgan fingerprint density at radius 3 is 2.59 bits per heavy atom. The van der Waals surface area contributed by atoms with E-state index in [4.69, 9.17) is 4.74 Å². The SMILES string of the molecule is C=C1N=NC(=O)C(C)=C1c1ccc(Oc2nccc3nccnc23)cc1C. The third-order valence-electron chi connectivity index (χ3n) is 4.28. The number of pyridine rings is 1.